The molecule has 1 atom stereocenters. The first-order valence-electron chi connectivity index (χ1n) is 10.2. The van der Waals surface area contributed by atoms with Gasteiger partial charge in [0.1, 0.15) is 11.6 Å². The first-order valence-corrected chi connectivity index (χ1v) is 11.6. The number of amides is 1. The second kappa shape index (κ2) is 9.30. The van der Waals surface area contributed by atoms with Crippen molar-refractivity contribution in [1.82, 2.24) is 0 Å². The molecule has 4 aromatic rings. The number of hydrogen-bond donors (Lipinski definition) is 2. The summed E-state index contributed by atoms with van der Waals surface area (Å²) in [6.07, 6.45) is -0.841. The number of ether oxygens (including phenoxy) is 1. The molecular weight excluding hydrogens is 443 g/mol. The van der Waals surface area contributed by atoms with E-state index in [1.165, 1.54) is 48.5 Å². The number of carbonyl (C=O) groups is 1. The third-order valence-electron chi connectivity index (χ3n) is 4.96. The molecule has 0 bridgehead atoms. The maximum atomic E-state index is 13.0. The van der Waals surface area contributed by atoms with E-state index in [9.17, 15) is 17.6 Å². The minimum atomic E-state index is -3.83. The van der Waals surface area contributed by atoms with Gasteiger partial charge in [0.15, 0.2) is 6.10 Å². The van der Waals surface area contributed by atoms with Crippen LogP contribution in [0.2, 0.25) is 0 Å². The number of sulfonamides is 1. The van der Waals surface area contributed by atoms with Crippen LogP contribution in [0.3, 0.4) is 0 Å². The molecule has 0 fully saturated rings. The molecule has 0 aliphatic rings. The molecule has 6 nitrogen and oxygen atoms in total. The first kappa shape index (κ1) is 22.3. The van der Waals surface area contributed by atoms with Crippen molar-refractivity contribution in [1.29, 1.82) is 0 Å². The van der Waals surface area contributed by atoms with Crippen LogP contribution in [0, 0.1) is 5.82 Å². The number of anilines is 2. The van der Waals surface area contributed by atoms with Crippen molar-refractivity contribution >= 4 is 38.1 Å². The van der Waals surface area contributed by atoms with Gasteiger partial charge < -0.3 is 10.1 Å². The zero-order valence-corrected chi connectivity index (χ0v) is 18.5. The van der Waals surface area contributed by atoms with Crippen molar-refractivity contribution in [2.24, 2.45) is 0 Å². The molecule has 168 valence electrons. The number of nitrogens with one attached hydrogen (secondary N) is 2. The van der Waals surface area contributed by atoms with Gasteiger partial charge in [-0.15, -0.1) is 0 Å². The van der Waals surface area contributed by atoms with Crippen LogP contribution in [0.1, 0.15) is 6.92 Å². The lowest BCUT2D eigenvalue weighted by molar-refractivity contribution is -0.122. The Hall–Kier alpha value is -3.91. The summed E-state index contributed by atoms with van der Waals surface area (Å²) in [5.74, 6) is -0.465. The third kappa shape index (κ3) is 5.30. The Morgan fingerprint density at radius 2 is 1.55 bits per heavy atom. The Morgan fingerprint density at radius 1 is 0.879 bits per heavy atom. The van der Waals surface area contributed by atoms with Gasteiger partial charge in [0.05, 0.1) is 10.6 Å². The average Bonchev–Trinajstić information content (AvgIpc) is 2.81. The van der Waals surface area contributed by atoms with E-state index in [-0.39, 0.29) is 4.90 Å². The highest BCUT2D eigenvalue weighted by Crippen LogP contribution is 2.26. The predicted molar refractivity (Wildman–Crippen MR) is 126 cm³/mol. The maximum Gasteiger partial charge on any atom is 0.265 e. The van der Waals surface area contributed by atoms with Crippen LogP contribution in [0.15, 0.2) is 95.9 Å². The lowest BCUT2D eigenvalue weighted by Crippen LogP contribution is -2.30. The second-order valence-corrected chi connectivity index (χ2v) is 9.04. The minimum Gasteiger partial charge on any atom is -0.481 e. The molecule has 0 aromatic heterocycles. The van der Waals surface area contributed by atoms with Crippen LogP contribution < -0.4 is 14.8 Å². The summed E-state index contributed by atoms with van der Waals surface area (Å²) < 4.78 is 46.9. The molecule has 0 aliphatic heterocycles. The first-order chi connectivity index (χ1) is 15.8. The van der Waals surface area contributed by atoms with Crippen molar-refractivity contribution in [2.45, 2.75) is 17.9 Å². The summed E-state index contributed by atoms with van der Waals surface area (Å²) in [6, 6.07) is 24.1. The highest BCUT2D eigenvalue weighted by atomic mass is 32.2. The molecule has 0 heterocycles. The Bertz CT molecular complexity index is 1380. The van der Waals surface area contributed by atoms with Gasteiger partial charge in [-0.3, -0.25) is 9.52 Å². The molecule has 0 radical (unpaired) electrons. The highest BCUT2D eigenvalue weighted by Gasteiger charge is 2.18. The van der Waals surface area contributed by atoms with Gasteiger partial charge in [-0.25, -0.2) is 12.8 Å². The largest absolute Gasteiger partial charge is 0.481 e. The van der Waals surface area contributed by atoms with Crippen LogP contribution in [0.25, 0.3) is 10.8 Å². The Morgan fingerprint density at radius 3 is 2.27 bits per heavy atom. The molecule has 0 spiro atoms. The summed E-state index contributed by atoms with van der Waals surface area (Å²) in [6.45, 7) is 1.56. The number of hydrogen-bond acceptors (Lipinski definition) is 4. The molecule has 1 amide bonds. The van der Waals surface area contributed by atoms with E-state index in [1.807, 2.05) is 30.3 Å². The summed E-state index contributed by atoms with van der Waals surface area (Å²) in [5, 5.41) is 4.39. The molecule has 33 heavy (non-hydrogen) atoms. The van der Waals surface area contributed by atoms with Crippen LogP contribution >= 0.6 is 0 Å². The molecule has 8 heteroatoms. The van der Waals surface area contributed by atoms with Gasteiger partial charge in [0.2, 0.25) is 0 Å². The third-order valence-corrected chi connectivity index (χ3v) is 6.34. The minimum absolute atomic E-state index is 0.0593. The molecule has 4 aromatic carbocycles. The fraction of sp³-hybridized carbons (Fsp3) is 0.0800. The van der Waals surface area contributed by atoms with Gasteiger partial charge >= 0.3 is 0 Å². The van der Waals surface area contributed by atoms with Crippen molar-refractivity contribution in [3.8, 4) is 5.75 Å². The van der Waals surface area contributed by atoms with Gasteiger partial charge in [0.25, 0.3) is 15.9 Å². The SMILES string of the molecule is C[C@@H](Oc1ccc(F)cc1)C(=O)Nc1ccc(S(=O)(=O)Nc2cccc3ccccc23)cc1. The molecule has 0 aliphatic carbocycles. The van der Waals surface area contributed by atoms with Crippen molar-refractivity contribution in [2.75, 3.05) is 10.0 Å². The van der Waals surface area contributed by atoms with E-state index in [0.29, 0.717) is 17.1 Å². The molecule has 0 saturated carbocycles. The highest BCUT2D eigenvalue weighted by molar-refractivity contribution is 7.92. The summed E-state index contributed by atoms with van der Waals surface area (Å²) in [5.41, 5.74) is 0.899. The molecule has 4 rings (SSSR count). The number of rotatable bonds is 7. The lowest BCUT2D eigenvalue weighted by atomic mass is 10.1. The van der Waals surface area contributed by atoms with Gasteiger partial charge in [0, 0.05) is 11.1 Å². The fourth-order valence-electron chi connectivity index (χ4n) is 3.25. The Balaban J connectivity index is 1.43. The number of halogens is 1. The van der Waals surface area contributed by atoms with Crippen LogP contribution in [0.5, 0.6) is 5.75 Å². The van der Waals surface area contributed by atoms with Crippen LogP contribution in [-0.2, 0) is 14.8 Å². The average molecular weight is 465 g/mol. The van der Waals surface area contributed by atoms with E-state index in [4.69, 9.17) is 4.74 Å². The normalized spacial score (nSPS) is 12.2. The Labute approximate surface area is 191 Å². The monoisotopic (exact) mass is 464 g/mol. The fourth-order valence-corrected chi connectivity index (χ4v) is 4.33. The van der Waals surface area contributed by atoms with Crippen molar-refractivity contribution in [3.05, 3.63) is 96.8 Å². The quantitative estimate of drug-likeness (QED) is 0.394. The second-order valence-electron chi connectivity index (χ2n) is 7.36. The molecule has 0 saturated heterocycles. The smallest absolute Gasteiger partial charge is 0.265 e. The van der Waals surface area contributed by atoms with Crippen LogP contribution in [-0.4, -0.2) is 20.4 Å². The van der Waals surface area contributed by atoms with Gasteiger partial charge in [-0.1, -0.05) is 36.4 Å². The Kier molecular flexibility index (Phi) is 6.28. The van der Waals surface area contributed by atoms with Crippen molar-refractivity contribution < 1.29 is 22.3 Å². The zero-order valence-electron chi connectivity index (χ0n) is 17.7. The zero-order chi connectivity index (χ0) is 23.4. The van der Waals surface area contributed by atoms with Crippen LogP contribution in [0.4, 0.5) is 15.8 Å². The van der Waals surface area contributed by atoms with E-state index >= 15 is 0 Å². The summed E-state index contributed by atoms with van der Waals surface area (Å²) >= 11 is 0. The molecule has 2 N–H and O–H groups in total. The van der Waals surface area contributed by atoms with Gasteiger partial charge in [-0.2, -0.15) is 0 Å². The van der Waals surface area contributed by atoms with E-state index < -0.39 is 27.9 Å². The van der Waals surface area contributed by atoms with E-state index in [1.54, 1.807) is 19.1 Å². The number of fused-ring (bicyclic) bond motifs is 1. The summed E-state index contributed by atoms with van der Waals surface area (Å²) in [7, 11) is -3.83. The number of benzene rings is 4. The van der Waals surface area contributed by atoms with Crippen molar-refractivity contribution in [3.63, 3.8) is 0 Å². The van der Waals surface area contributed by atoms with Gasteiger partial charge in [-0.05, 0) is 66.9 Å². The standard InChI is InChI=1S/C25H21FN2O4S/c1-17(32-21-13-9-19(26)10-14-21)25(29)27-20-11-15-22(16-12-20)33(30,31)28-24-8-4-6-18-5-2-3-7-23(18)24/h2-17,28H,1H3,(H,27,29)/t17-/m1/s1. The van der Waals surface area contributed by atoms with E-state index in [2.05, 4.69) is 10.0 Å². The molecular formula is C25H21FN2O4S. The number of carbonyl (C=O) groups excluding carboxylic acids is 1. The van der Waals surface area contributed by atoms with E-state index in [0.717, 1.165) is 10.8 Å². The predicted octanol–water partition coefficient (Wildman–Crippen LogP) is 5.19. The summed E-state index contributed by atoms with van der Waals surface area (Å²) in [4.78, 5) is 12.4. The maximum absolute atomic E-state index is 13.0. The molecule has 0 unspecified atom stereocenters. The lowest BCUT2D eigenvalue weighted by Gasteiger charge is -2.15. The topological polar surface area (TPSA) is 84.5 Å².